The largest absolute Gasteiger partial charge is 0.488 e. The van der Waals surface area contributed by atoms with Gasteiger partial charge in [-0.3, -0.25) is 4.79 Å². The summed E-state index contributed by atoms with van der Waals surface area (Å²) >= 11 is 5.91. The maximum Gasteiger partial charge on any atom is 0.233 e. The lowest BCUT2D eigenvalue weighted by Crippen LogP contribution is -2.31. The van der Waals surface area contributed by atoms with Gasteiger partial charge in [-0.2, -0.15) is 0 Å². The number of halogens is 1. The van der Waals surface area contributed by atoms with E-state index in [9.17, 15) is 4.79 Å². The Morgan fingerprint density at radius 3 is 2.94 bits per heavy atom. The zero-order valence-electron chi connectivity index (χ0n) is 9.16. The number of nitrogen functional groups attached to an aromatic ring is 1. The molecule has 2 rings (SSSR count). The average Bonchev–Trinajstić information content (AvgIpc) is 2.32. The van der Waals surface area contributed by atoms with Crippen molar-refractivity contribution in [1.29, 1.82) is 0 Å². The molecule has 0 aromatic heterocycles. The van der Waals surface area contributed by atoms with Crippen LogP contribution in [0.25, 0.3) is 0 Å². The predicted octanol–water partition coefficient (Wildman–Crippen LogP) is 1.91. The SMILES string of the molecule is CC1COc2c(N)cc(Cl)cc2N(C)C1=O. The summed E-state index contributed by atoms with van der Waals surface area (Å²) in [5.41, 5.74) is 6.90. The van der Waals surface area contributed by atoms with Crippen LogP contribution in [0.2, 0.25) is 5.02 Å². The maximum absolute atomic E-state index is 11.9. The Balaban J connectivity index is 2.57. The smallest absolute Gasteiger partial charge is 0.233 e. The molecule has 0 saturated heterocycles. The number of nitrogens with zero attached hydrogens (tertiary/aromatic N) is 1. The molecule has 0 fully saturated rings. The number of hydrogen-bond donors (Lipinski definition) is 1. The molecule has 1 aliphatic rings. The highest BCUT2D eigenvalue weighted by Gasteiger charge is 2.27. The van der Waals surface area contributed by atoms with Crippen LogP contribution in [0.3, 0.4) is 0 Å². The summed E-state index contributed by atoms with van der Waals surface area (Å²) < 4.78 is 5.54. The van der Waals surface area contributed by atoms with Gasteiger partial charge in [0.05, 0.1) is 23.9 Å². The number of carbonyl (C=O) groups is 1. The van der Waals surface area contributed by atoms with Gasteiger partial charge in [0.25, 0.3) is 0 Å². The van der Waals surface area contributed by atoms with Gasteiger partial charge in [-0.15, -0.1) is 0 Å². The van der Waals surface area contributed by atoms with Crippen molar-refractivity contribution in [2.24, 2.45) is 5.92 Å². The molecule has 0 bridgehead atoms. The van der Waals surface area contributed by atoms with Crippen molar-refractivity contribution in [3.05, 3.63) is 17.2 Å². The molecule has 86 valence electrons. The second-order valence-corrected chi connectivity index (χ2v) is 4.39. The summed E-state index contributed by atoms with van der Waals surface area (Å²) in [5, 5.41) is 0.494. The van der Waals surface area contributed by atoms with E-state index in [1.54, 1.807) is 19.2 Å². The van der Waals surface area contributed by atoms with Crippen LogP contribution < -0.4 is 15.4 Å². The third-order valence-corrected chi connectivity index (χ3v) is 2.87. The molecule has 0 saturated carbocycles. The Hall–Kier alpha value is -1.42. The van der Waals surface area contributed by atoms with Gasteiger partial charge in [-0.1, -0.05) is 18.5 Å². The van der Waals surface area contributed by atoms with Crippen molar-refractivity contribution in [3.8, 4) is 5.75 Å². The molecule has 4 nitrogen and oxygen atoms in total. The molecule has 1 aromatic rings. The fourth-order valence-electron chi connectivity index (χ4n) is 1.74. The number of hydrogen-bond acceptors (Lipinski definition) is 3. The van der Waals surface area contributed by atoms with Gasteiger partial charge in [-0.25, -0.2) is 0 Å². The van der Waals surface area contributed by atoms with E-state index in [-0.39, 0.29) is 11.8 Å². The fourth-order valence-corrected chi connectivity index (χ4v) is 1.96. The van der Waals surface area contributed by atoms with Crippen LogP contribution in [0.4, 0.5) is 11.4 Å². The molecule has 1 heterocycles. The zero-order valence-corrected chi connectivity index (χ0v) is 9.91. The van der Waals surface area contributed by atoms with Crippen molar-refractivity contribution >= 4 is 28.9 Å². The zero-order chi connectivity index (χ0) is 11.9. The Morgan fingerprint density at radius 2 is 2.25 bits per heavy atom. The van der Waals surface area contributed by atoms with Gasteiger partial charge < -0.3 is 15.4 Å². The van der Waals surface area contributed by atoms with Gasteiger partial charge in [0.2, 0.25) is 5.91 Å². The van der Waals surface area contributed by atoms with Gasteiger partial charge in [0, 0.05) is 12.1 Å². The maximum atomic E-state index is 11.9. The van der Waals surface area contributed by atoms with E-state index in [2.05, 4.69) is 0 Å². The number of rotatable bonds is 0. The molecule has 0 aliphatic carbocycles. The predicted molar refractivity (Wildman–Crippen MR) is 63.9 cm³/mol. The first-order valence-electron chi connectivity index (χ1n) is 5.00. The van der Waals surface area contributed by atoms with Crippen LogP contribution in [0.1, 0.15) is 6.92 Å². The van der Waals surface area contributed by atoms with E-state index >= 15 is 0 Å². The topological polar surface area (TPSA) is 55.6 Å². The second kappa shape index (κ2) is 3.87. The van der Waals surface area contributed by atoms with Crippen LogP contribution in [0, 0.1) is 5.92 Å². The monoisotopic (exact) mass is 240 g/mol. The number of amides is 1. The number of ether oxygens (including phenoxy) is 1. The molecule has 1 amide bonds. The Bertz CT molecular complexity index is 448. The number of nitrogens with two attached hydrogens (primary N) is 1. The van der Waals surface area contributed by atoms with E-state index in [0.717, 1.165) is 0 Å². The molecular weight excluding hydrogens is 228 g/mol. The van der Waals surface area contributed by atoms with Crippen molar-refractivity contribution in [2.75, 3.05) is 24.3 Å². The minimum Gasteiger partial charge on any atom is -0.488 e. The normalized spacial score (nSPS) is 20.1. The van der Waals surface area contributed by atoms with E-state index in [1.165, 1.54) is 4.90 Å². The first-order chi connectivity index (χ1) is 7.50. The fraction of sp³-hybridized carbons (Fsp3) is 0.364. The second-order valence-electron chi connectivity index (χ2n) is 3.95. The lowest BCUT2D eigenvalue weighted by Gasteiger charge is -2.18. The van der Waals surface area contributed by atoms with Crippen molar-refractivity contribution in [1.82, 2.24) is 0 Å². The third-order valence-electron chi connectivity index (χ3n) is 2.65. The summed E-state index contributed by atoms with van der Waals surface area (Å²) in [5.74, 6) is 0.348. The van der Waals surface area contributed by atoms with E-state index in [4.69, 9.17) is 22.1 Å². The number of benzene rings is 1. The van der Waals surface area contributed by atoms with Crippen LogP contribution >= 0.6 is 11.6 Å². The van der Waals surface area contributed by atoms with Crippen molar-refractivity contribution in [2.45, 2.75) is 6.92 Å². The Labute approximate surface area is 98.9 Å². The minimum atomic E-state index is -0.185. The summed E-state index contributed by atoms with van der Waals surface area (Å²) in [4.78, 5) is 13.4. The molecular formula is C11H13ClN2O2. The lowest BCUT2D eigenvalue weighted by molar-refractivity contribution is -0.122. The Morgan fingerprint density at radius 1 is 1.56 bits per heavy atom. The van der Waals surface area contributed by atoms with Crippen LogP contribution in [-0.2, 0) is 4.79 Å². The van der Waals surface area contributed by atoms with Crippen LogP contribution in [0.15, 0.2) is 12.1 Å². The molecule has 2 N–H and O–H groups in total. The summed E-state index contributed by atoms with van der Waals surface area (Å²) in [7, 11) is 1.70. The molecule has 1 unspecified atom stereocenters. The van der Waals surface area contributed by atoms with Gasteiger partial charge >= 0.3 is 0 Å². The molecule has 0 radical (unpaired) electrons. The highest BCUT2D eigenvalue weighted by atomic mass is 35.5. The summed E-state index contributed by atoms with van der Waals surface area (Å²) in [6, 6.07) is 3.30. The van der Waals surface area contributed by atoms with Crippen LogP contribution in [-0.4, -0.2) is 19.6 Å². The standard InChI is InChI=1S/C11H13ClN2O2/c1-6-5-16-10-8(13)3-7(12)4-9(10)14(2)11(6)15/h3-4,6H,5,13H2,1-2H3. The molecule has 1 aliphatic heterocycles. The van der Waals surface area contributed by atoms with Gasteiger partial charge in [-0.05, 0) is 12.1 Å². The first-order valence-corrected chi connectivity index (χ1v) is 5.38. The number of anilines is 2. The molecule has 16 heavy (non-hydrogen) atoms. The van der Waals surface area contributed by atoms with Crippen molar-refractivity contribution < 1.29 is 9.53 Å². The highest BCUT2D eigenvalue weighted by Crippen LogP contribution is 2.39. The van der Waals surface area contributed by atoms with Crippen molar-refractivity contribution in [3.63, 3.8) is 0 Å². The first kappa shape index (κ1) is 11.1. The number of fused-ring (bicyclic) bond motifs is 1. The molecule has 5 heteroatoms. The quantitative estimate of drug-likeness (QED) is 0.705. The van der Waals surface area contributed by atoms with E-state index in [1.807, 2.05) is 6.92 Å². The third kappa shape index (κ3) is 1.69. The molecule has 1 aromatic carbocycles. The van der Waals surface area contributed by atoms with Crippen LogP contribution in [0.5, 0.6) is 5.75 Å². The summed E-state index contributed by atoms with van der Waals surface area (Å²) in [6.45, 7) is 2.16. The van der Waals surface area contributed by atoms with E-state index in [0.29, 0.717) is 28.8 Å². The van der Waals surface area contributed by atoms with E-state index < -0.39 is 0 Å². The van der Waals surface area contributed by atoms with Gasteiger partial charge in [0.15, 0.2) is 5.75 Å². The minimum absolute atomic E-state index is 0.000386. The number of carbonyl (C=O) groups excluding carboxylic acids is 1. The van der Waals surface area contributed by atoms with Gasteiger partial charge in [0.1, 0.15) is 0 Å². The lowest BCUT2D eigenvalue weighted by atomic mass is 10.1. The molecule has 0 spiro atoms. The average molecular weight is 241 g/mol. The molecule has 1 atom stereocenters. The summed E-state index contributed by atoms with van der Waals surface area (Å²) in [6.07, 6.45) is 0. The Kier molecular flexibility index (Phi) is 2.68. The highest BCUT2D eigenvalue weighted by molar-refractivity contribution is 6.31.